The minimum atomic E-state index is -0.459. The van der Waals surface area contributed by atoms with E-state index in [2.05, 4.69) is 14.8 Å². The summed E-state index contributed by atoms with van der Waals surface area (Å²) in [4.78, 5) is 33.2. The van der Waals surface area contributed by atoms with E-state index in [0.717, 1.165) is 77.2 Å². The first kappa shape index (κ1) is 22.8. The molecule has 0 saturated carbocycles. The van der Waals surface area contributed by atoms with Gasteiger partial charge in [0.1, 0.15) is 5.60 Å². The molecule has 9 heteroatoms. The summed E-state index contributed by atoms with van der Waals surface area (Å²) in [6.45, 7) is 12.7. The number of amides is 1. The maximum absolute atomic E-state index is 12.2. The third-order valence-electron chi connectivity index (χ3n) is 7.01. The van der Waals surface area contributed by atoms with Crippen LogP contribution in [0, 0.1) is 21.4 Å². The van der Waals surface area contributed by atoms with Gasteiger partial charge in [-0.15, -0.1) is 0 Å². The second-order valence-corrected chi connectivity index (χ2v) is 10.7. The molecule has 3 fully saturated rings. The second kappa shape index (κ2) is 8.84. The molecule has 3 aliphatic heterocycles. The van der Waals surface area contributed by atoms with Gasteiger partial charge < -0.3 is 29.6 Å². The molecule has 1 aromatic heterocycles. The van der Waals surface area contributed by atoms with Crippen molar-refractivity contribution in [2.24, 2.45) is 11.3 Å². The Kier molecular flexibility index (Phi) is 6.29. The lowest BCUT2D eigenvalue weighted by Gasteiger charge is -2.55. The summed E-state index contributed by atoms with van der Waals surface area (Å²) in [5, 5.41) is 10.8. The number of rotatable bonds is 4. The Hall–Kier alpha value is -2.42. The van der Waals surface area contributed by atoms with E-state index in [4.69, 9.17) is 4.74 Å². The molecule has 9 nitrogen and oxygen atoms in total. The number of piperidine rings is 2. The number of pyridine rings is 1. The van der Waals surface area contributed by atoms with Crippen molar-refractivity contribution in [3.8, 4) is 0 Å². The number of hydrogen-bond acceptors (Lipinski definition) is 7. The first-order valence-corrected chi connectivity index (χ1v) is 11.7. The molecule has 0 bridgehead atoms. The quantitative estimate of drug-likeness (QED) is 0.517. The molecule has 1 spiro atoms. The largest absolute Gasteiger partial charge is 0.444 e. The molecule has 0 radical (unpaired) electrons. The number of hydrogen-bond donors (Lipinski definition) is 0. The average Bonchev–Trinajstić information content (AvgIpc) is 2.72. The first-order valence-electron chi connectivity index (χ1n) is 11.7. The topological polar surface area (TPSA) is 92.0 Å². The lowest BCUT2D eigenvalue weighted by atomic mass is 9.71. The molecule has 4 heterocycles. The Labute approximate surface area is 189 Å². The fourth-order valence-corrected chi connectivity index (χ4v) is 5.25. The van der Waals surface area contributed by atoms with E-state index in [-0.39, 0.29) is 11.9 Å². The predicted octanol–water partition coefficient (Wildman–Crippen LogP) is 3.54. The van der Waals surface area contributed by atoms with E-state index < -0.39 is 10.5 Å². The van der Waals surface area contributed by atoms with Crippen LogP contribution in [-0.2, 0) is 4.74 Å². The van der Waals surface area contributed by atoms with Gasteiger partial charge in [-0.2, -0.15) is 0 Å². The molecule has 0 N–H and O–H groups in total. The summed E-state index contributed by atoms with van der Waals surface area (Å²) >= 11 is 0. The van der Waals surface area contributed by atoms with E-state index in [1.807, 2.05) is 25.7 Å². The highest BCUT2D eigenvalue weighted by Gasteiger charge is 2.45. The molecule has 3 aliphatic rings. The van der Waals surface area contributed by atoms with Crippen molar-refractivity contribution in [1.82, 2.24) is 14.8 Å². The highest BCUT2D eigenvalue weighted by molar-refractivity contribution is 5.68. The Morgan fingerprint density at radius 1 is 1.19 bits per heavy atom. The van der Waals surface area contributed by atoms with Gasteiger partial charge in [0.05, 0.1) is 5.69 Å². The monoisotopic (exact) mass is 445 g/mol. The number of likely N-dealkylation sites (tertiary alicyclic amines) is 2. The van der Waals surface area contributed by atoms with Crippen molar-refractivity contribution < 1.29 is 14.5 Å². The number of nitrogens with zero attached hydrogens (tertiary/aromatic N) is 5. The molecule has 1 amide bonds. The maximum Gasteiger partial charge on any atom is 0.410 e. The Bertz CT molecular complexity index is 814. The molecule has 4 rings (SSSR count). The summed E-state index contributed by atoms with van der Waals surface area (Å²) in [5.41, 5.74) is 0.949. The summed E-state index contributed by atoms with van der Waals surface area (Å²) in [5.74, 6) is 0.547. The SMILES string of the molecule is CC(C)(C)OC(=O)N1CCC(CN2CC3(CCN(c4ccc([N+](=O)[O-])nc4)CC3)C2)CC1. The van der Waals surface area contributed by atoms with E-state index in [1.165, 1.54) is 6.07 Å². The lowest BCUT2D eigenvalue weighted by Crippen LogP contribution is -2.61. The zero-order valence-electron chi connectivity index (χ0n) is 19.5. The summed E-state index contributed by atoms with van der Waals surface area (Å²) in [6.07, 6.45) is 5.82. The van der Waals surface area contributed by atoms with Crippen LogP contribution < -0.4 is 4.90 Å². The molecule has 176 valence electrons. The smallest absolute Gasteiger partial charge is 0.410 e. The third-order valence-corrected chi connectivity index (χ3v) is 7.01. The molecule has 0 aliphatic carbocycles. The number of carbonyl (C=O) groups is 1. The lowest BCUT2D eigenvalue weighted by molar-refractivity contribution is -0.389. The molecule has 0 unspecified atom stereocenters. The number of ether oxygens (including phenoxy) is 1. The predicted molar refractivity (Wildman–Crippen MR) is 122 cm³/mol. The van der Waals surface area contributed by atoms with Gasteiger partial charge in [-0.3, -0.25) is 0 Å². The van der Waals surface area contributed by atoms with Crippen LogP contribution in [0.5, 0.6) is 0 Å². The minimum absolute atomic E-state index is 0.103. The number of aromatic nitrogens is 1. The molecular formula is C23H35N5O4. The van der Waals surface area contributed by atoms with Crippen molar-refractivity contribution in [1.29, 1.82) is 0 Å². The van der Waals surface area contributed by atoms with Crippen LogP contribution in [0.15, 0.2) is 18.3 Å². The molecule has 0 aromatic carbocycles. The van der Waals surface area contributed by atoms with Gasteiger partial charge >= 0.3 is 11.9 Å². The highest BCUT2D eigenvalue weighted by Crippen LogP contribution is 2.42. The molecular weight excluding hydrogens is 410 g/mol. The Morgan fingerprint density at radius 3 is 2.38 bits per heavy atom. The van der Waals surface area contributed by atoms with Crippen LogP contribution in [0.1, 0.15) is 46.5 Å². The fraction of sp³-hybridized carbons (Fsp3) is 0.739. The first-order chi connectivity index (χ1) is 15.1. The van der Waals surface area contributed by atoms with Crippen LogP contribution >= 0.6 is 0 Å². The van der Waals surface area contributed by atoms with E-state index in [1.54, 1.807) is 12.3 Å². The zero-order chi connectivity index (χ0) is 22.9. The van der Waals surface area contributed by atoms with Gasteiger partial charge in [0, 0.05) is 51.9 Å². The standard InChI is InChI=1S/C23H35N5O4/c1-22(2,3)32-21(29)27-10-6-18(7-11-27)15-25-16-23(17-25)8-12-26(13-9-23)19-4-5-20(24-14-19)28(30)31/h4-5,14,18H,6-13,15-17H2,1-3H3. The summed E-state index contributed by atoms with van der Waals surface area (Å²) < 4.78 is 5.50. The second-order valence-electron chi connectivity index (χ2n) is 10.7. The van der Waals surface area contributed by atoms with Gasteiger partial charge in [-0.05, 0) is 73.8 Å². The van der Waals surface area contributed by atoms with Gasteiger partial charge in [0.25, 0.3) is 0 Å². The van der Waals surface area contributed by atoms with Crippen LogP contribution in [0.2, 0.25) is 0 Å². The summed E-state index contributed by atoms with van der Waals surface area (Å²) in [6, 6.07) is 3.29. The highest BCUT2D eigenvalue weighted by atomic mass is 16.6. The van der Waals surface area contributed by atoms with Crippen molar-refractivity contribution in [3.05, 3.63) is 28.4 Å². The van der Waals surface area contributed by atoms with Crippen LogP contribution in [0.4, 0.5) is 16.3 Å². The van der Waals surface area contributed by atoms with Gasteiger partial charge in [-0.1, -0.05) is 0 Å². The number of anilines is 1. The van der Waals surface area contributed by atoms with Crippen molar-refractivity contribution in [3.63, 3.8) is 0 Å². The maximum atomic E-state index is 12.2. The molecule has 0 atom stereocenters. The van der Waals surface area contributed by atoms with E-state index in [9.17, 15) is 14.9 Å². The van der Waals surface area contributed by atoms with Crippen LogP contribution in [0.3, 0.4) is 0 Å². The van der Waals surface area contributed by atoms with E-state index >= 15 is 0 Å². The van der Waals surface area contributed by atoms with Gasteiger partial charge in [0.15, 0.2) is 6.20 Å². The Morgan fingerprint density at radius 2 is 1.84 bits per heavy atom. The van der Waals surface area contributed by atoms with Crippen molar-refractivity contribution in [2.75, 3.05) is 50.7 Å². The fourth-order valence-electron chi connectivity index (χ4n) is 5.25. The molecule has 32 heavy (non-hydrogen) atoms. The van der Waals surface area contributed by atoms with Gasteiger partial charge in [-0.25, -0.2) is 4.79 Å². The third kappa shape index (κ3) is 5.31. The minimum Gasteiger partial charge on any atom is -0.444 e. The molecule has 1 aromatic rings. The average molecular weight is 446 g/mol. The van der Waals surface area contributed by atoms with Crippen molar-refractivity contribution >= 4 is 17.6 Å². The Balaban J connectivity index is 1.17. The van der Waals surface area contributed by atoms with Crippen LogP contribution in [-0.4, -0.2) is 77.2 Å². The summed E-state index contributed by atoms with van der Waals surface area (Å²) in [7, 11) is 0. The van der Waals surface area contributed by atoms with Gasteiger partial charge in [0.2, 0.25) is 0 Å². The normalized spacial score (nSPS) is 22.0. The van der Waals surface area contributed by atoms with Crippen LogP contribution in [0.25, 0.3) is 0 Å². The van der Waals surface area contributed by atoms with E-state index in [0.29, 0.717) is 11.3 Å². The number of carbonyl (C=O) groups excluding carboxylic acids is 1. The molecule has 3 saturated heterocycles. The zero-order valence-corrected chi connectivity index (χ0v) is 19.5. The number of nitro groups is 1. The van der Waals surface area contributed by atoms with Crippen molar-refractivity contribution in [2.45, 2.75) is 52.1 Å².